The SMILES string of the molecule is CCCCCCCCCCCCCCCCCC(=O)O.CCCCCCCCCCC[CH2][Na].O=S(=O)([O-])[O-].[Mg+2]. The van der Waals surface area contributed by atoms with Crippen LogP contribution in [-0.4, -0.2) is 79.6 Å². The van der Waals surface area contributed by atoms with Crippen LogP contribution < -0.4 is 0 Å². The Kier molecular flexibility index (Phi) is 49.8. The van der Waals surface area contributed by atoms with Crippen molar-refractivity contribution in [3.05, 3.63) is 0 Å². The van der Waals surface area contributed by atoms with Gasteiger partial charge in [0.15, 0.2) is 0 Å². The van der Waals surface area contributed by atoms with Crippen molar-refractivity contribution in [2.75, 3.05) is 0 Å². The van der Waals surface area contributed by atoms with Gasteiger partial charge in [-0.1, -0.05) is 96.8 Å². The van der Waals surface area contributed by atoms with E-state index in [0.717, 1.165) is 12.8 Å². The Morgan fingerprint density at radius 2 is 0.744 bits per heavy atom. The molecule has 0 fully saturated rings. The second-order valence-corrected chi connectivity index (χ2v) is 12.5. The molecule has 0 aromatic carbocycles. The Morgan fingerprint density at radius 3 is 0.949 bits per heavy atom. The Balaban J connectivity index is -0.000000276. The minimum Gasteiger partial charge on any atom is -0.759 e. The first kappa shape index (κ1) is 47.0. The van der Waals surface area contributed by atoms with Gasteiger partial charge in [-0.25, -0.2) is 0 Å². The van der Waals surface area contributed by atoms with Crippen molar-refractivity contribution in [2.24, 2.45) is 0 Å². The van der Waals surface area contributed by atoms with Crippen molar-refractivity contribution in [3.63, 3.8) is 0 Å². The largest absolute Gasteiger partial charge is 2.00 e. The van der Waals surface area contributed by atoms with Crippen LogP contribution in [-0.2, 0) is 15.2 Å². The minimum absolute atomic E-state index is 0. The maximum Gasteiger partial charge on any atom is 2.00 e. The molecule has 0 saturated heterocycles. The van der Waals surface area contributed by atoms with Crippen LogP contribution in [0.1, 0.15) is 181 Å². The van der Waals surface area contributed by atoms with Gasteiger partial charge in [0, 0.05) is 16.8 Å². The second-order valence-electron chi connectivity index (χ2n) is 10.7. The Hall–Kier alpha value is 1.11. The fraction of sp³-hybridized carbons (Fsp3) is 0.967. The molecule has 9 heteroatoms. The molecule has 0 atom stereocenters. The van der Waals surface area contributed by atoms with Crippen LogP contribution in [0.5, 0.6) is 0 Å². The van der Waals surface area contributed by atoms with E-state index in [1.54, 1.807) is 0 Å². The molecule has 1 N–H and O–H groups in total. The summed E-state index contributed by atoms with van der Waals surface area (Å²) < 4.78 is 35.6. The molecule has 0 rings (SSSR count). The molecule has 0 radical (unpaired) electrons. The van der Waals surface area contributed by atoms with Gasteiger partial charge in [-0.3, -0.25) is 13.2 Å². The number of rotatable bonds is 26. The van der Waals surface area contributed by atoms with Gasteiger partial charge in [-0.05, 0) is 6.42 Å². The van der Waals surface area contributed by atoms with Crippen LogP contribution in [0.4, 0.5) is 0 Å². The summed E-state index contributed by atoms with van der Waals surface area (Å²) in [4.78, 5) is 10.3. The molecule has 0 aliphatic heterocycles. The molecule has 0 aromatic rings. The molecular formula is C30H61MgNaO6S. The average Bonchev–Trinajstić information content (AvgIpc) is 2.84. The molecule has 226 valence electrons. The molecule has 0 aromatic heterocycles. The first-order valence-corrected chi connectivity index (χ1v) is 18.8. The standard InChI is InChI=1S/C18H36O2.C12H25.Mg.Na.H2O4S/c1-2-3-4-5-6-7-8-9-10-11-12-13-14-15-16-17-18(19)20;1-3-5-7-9-11-12-10-8-6-4-2;;;1-5(2,3)4/h2-17H2,1H3,(H,19,20);1,3-12H2,2H3;;;(H2,1,2,3,4)/q;;+2;;/p-2. The van der Waals surface area contributed by atoms with E-state index < -0.39 is 16.4 Å². The van der Waals surface area contributed by atoms with Gasteiger partial charge >= 0.3 is 132 Å². The summed E-state index contributed by atoms with van der Waals surface area (Å²) in [6.07, 6.45) is 34.9. The van der Waals surface area contributed by atoms with Gasteiger partial charge in [0.25, 0.3) is 0 Å². The third-order valence-corrected chi connectivity index (χ3v) is 7.41. The van der Waals surface area contributed by atoms with E-state index in [1.165, 1.54) is 179 Å². The van der Waals surface area contributed by atoms with E-state index in [0.29, 0.717) is 6.42 Å². The first-order chi connectivity index (χ1) is 18.2. The molecule has 0 amide bonds. The zero-order valence-corrected chi connectivity index (χ0v) is 30.4. The number of carboxylic acids is 1. The van der Waals surface area contributed by atoms with Gasteiger partial charge in [-0.2, -0.15) is 0 Å². The number of aliphatic carboxylic acids is 1. The molecule has 0 spiro atoms. The fourth-order valence-corrected chi connectivity index (χ4v) is 4.88. The molecule has 0 aliphatic rings. The summed E-state index contributed by atoms with van der Waals surface area (Å²) in [5.41, 5.74) is 0. The van der Waals surface area contributed by atoms with E-state index in [1.807, 2.05) is 0 Å². The summed E-state index contributed by atoms with van der Waals surface area (Å²) >= 11 is 1.41. The Bertz CT molecular complexity index is 532. The normalized spacial score (nSPS) is 10.6. The molecule has 0 heterocycles. The van der Waals surface area contributed by atoms with Crippen LogP contribution in [0, 0.1) is 0 Å². The minimum atomic E-state index is -5.17. The van der Waals surface area contributed by atoms with Crippen molar-refractivity contribution < 1.29 is 27.4 Å². The third kappa shape index (κ3) is 68.2. The number of unbranched alkanes of at least 4 members (excludes halogenated alkanes) is 23. The first-order valence-electron chi connectivity index (χ1n) is 16.1. The molecule has 39 heavy (non-hydrogen) atoms. The van der Waals surface area contributed by atoms with E-state index in [-0.39, 0.29) is 23.1 Å². The molecule has 0 aliphatic carbocycles. The quantitative estimate of drug-likeness (QED) is 0.0460. The van der Waals surface area contributed by atoms with Crippen LogP contribution in [0.15, 0.2) is 0 Å². The van der Waals surface area contributed by atoms with E-state index in [9.17, 15) is 4.79 Å². The summed E-state index contributed by atoms with van der Waals surface area (Å²) in [7, 11) is -5.17. The zero-order chi connectivity index (χ0) is 29.2. The third-order valence-electron chi connectivity index (χ3n) is 6.70. The van der Waals surface area contributed by atoms with E-state index in [2.05, 4.69) is 13.8 Å². The number of hydrogen-bond acceptors (Lipinski definition) is 5. The predicted molar refractivity (Wildman–Crippen MR) is 166 cm³/mol. The Morgan fingerprint density at radius 1 is 0.538 bits per heavy atom. The summed E-state index contributed by atoms with van der Waals surface area (Å²) in [6, 6.07) is 0. The van der Waals surface area contributed by atoms with E-state index >= 15 is 0 Å². The van der Waals surface area contributed by atoms with Gasteiger partial charge in [0.1, 0.15) is 0 Å². The number of hydrogen-bond donors (Lipinski definition) is 1. The summed E-state index contributed by atoms with van der Waals surface area (Å²) in [5, 5.41) is 8.52. The van der Waals surface area contributed by atoms with Crippen molar-refractivity contribution in [1.29, 1.82) is 0 Å². The molecule has 0 saturated carbocycles. The van der Waals surface area contributed by atoms with Crippen LogP contribution in [0.25, 0.3) is 0 Å². The molecule has 6 nitrogen and oxygen atoms in total. The number of carbonyl (C=O) groups is 1. The molecule has 0 unspecified atom stereocenters. The average molecular weight is 597 g/mol. The van der Waals surface area contributed by atoms with Crippen molar-refractivity contribution in [1.82, 2.24) is 0 Å². The fourth-order valence-electron chi connectivity index (χ4n) is 4.38. The summed E-state index contributed by atoms with van der Waals surface area (Å²) in [6.45, 7) is 4.56. The molecule has 0 bridgehead atoms. The zero-order valence-electron chi connectivity index (χ0n) is 26.2. The maximum atomic E-state index is 10.3. The topological polar surface area (TPSA) is 118 Å². The predicted octanol–water partition coefficient (Wildman–Crippen LogP) is 9.11. The van der Waals surface area contributed by atoms with Crippen molar-refractivity contribution in [2.45, 2.75) is 184 Å². The Labute approximate surface area is 277 Å². The smallest absolute Gasteiger partial charge is 0.759 e. The summed E-state index contributed by atoms with van der Waals surface area (Å²) in [5.74, 6) is -0.653. The van der Waals surface area contributed by atoms with Crippen LogP contribution in [0.2, 0.25) is 3.67 Å². The second kappa shape index (κ2) is 41.2. The van der Waals surface area contributed by atoms with Gasteiger partial charge in [0.2, 0.25) is 0 Å². The van der Waals surface area contributed by atoms with Crippen molar-refractivity contribution >= 4 is 67.4 Å². The molecular weight excluding hydrogens is 536 g/mol. The number of carboxylic acid groups (broad SMARTS) is 1. The van der Waals surface area contributed by atoms with Crippen molar-refractivity contribution in [3.8, 4) is 0 Å². The van der Waals surface area contributed by atoms with Gasteiger partial charge in [0.05, 0.1) is 0 Å². The van der Waals surface area contributed by atoms with Crippen LogP contribution in [0.3, 0.4) is 0 Å². The van der Waals surface area contributed by atoms with Crippen LogP contribution >= 0.6 is 0 Å². The monoisotopic (exact) mass is 596 g/mol. The maximum absolute atomic E-state index is 10.3. The van der Waals surface area contributed by atoms with Gasteiger partial charge in [-0.15, -0.1) is 0 Å². The van der Waals surface area contributed by atoms with Gasteiger partial charge < -0.3 is 14.2 Å². The van der Waals surface area contributed by atoms with E-state index in [4.69, 9.17) is 22.6 Å².